The van der Waals surface area contributed by atoms with Gasteiger partial charge >= 0.3 is 5.97 Å². The van der Waals surface area contributed by atoms with Gasteiger partial charge in [0.05, 0.1) is 16.6 Å². The first-order chi connectivity index (χ1) is 8.86. The minimum atomic E-state index is -0.955. The van der Waals surface area contributed by atoms with Crippen LogP contribution >= 0.6 is 0 Å². The van der Waals surface area contributed by atoms with Crippen molar-refractivity contribution in [2.24, 2.45) is 0 Å². The molecule has 19 heavy (non-hydrogen) atoms. The molecule has 2 aromatic rings. The summed E-state index contributed by atoms with van der Waals surface area (Å²) in [7, 11) is 0. The lowest BCUT2D eigenvalue weighted by atomic mass is 10.00. The molecule has 0 spiro atoms. The standard InChI is InChI=1S/C14H18N2O3/c1-9-15-11-8-10(13(18)19)4-5-12(11)16(9)14(2,3)6-7-17/h4-5,8,17H,6-7H2,1-3H3,(H,18,19). The van der Waals surface area contributed by atoms with Gasteiger partial charge in [-0.3, -0.25) is 0 Å². The minimum Gasteiger partial charge on any atom is -0.478 e. The van der Waals surface area contributed by atoms with E-state index in [0.717, 1.165) is 11.3 Å². The highest BCUT2D eigenvalue weighted by Gasteiger charge is 2.24. The van der Waals surface area contributed by atoms with Gasteiger partial charge in [-0.15, -0.1) is 0 Å². The number of aromatic nitrogens is 2. The molecule has 0 aliphatic heterocycles. The summed E-state index contributed by atoms with van der Waals surface area (Å²) >= 11 is 0. The summed E-state index contributed by atoms with van der Waals surface area (Å²) in [5, 5.41) is 18.2. The second kappa shape index (κ2) is 4.66. The molecule has 0 saturated heterocycles. The number of aryl methyl sites for hydroxylation is 1. The Morgan fingerprint density at radius 2 is 2.11 bits per heavy atom. The summed E-state index contributed by atoms with van der Waals surface area (Å²) in [4.78, 5) is 15.4. The Bertz CT molecular complexity index is 629. The molecule has 0 saturated carbocycles. The normalized spacial score (nSPS) is 12.0. The third kappa shape index (κ3) is 2.33. The highest BCUT2D eigenvalue weighted by molar-refractivity contribution is 5.92. The van der Waals surface area contributed by atoms with Crippen LogP contribution in [0.25, 0.3) is 11.0 Å². The molecule has 2 rings (SSSR count). The number of benzene rings is 1. The molecule has 102 valence electrons. The van der Waals surface area contributed by atoms with Gasteiger partial charge in [-0.2, -0.15) is 0 Å². The smallest absolute Gasteiger partial charge is 0.335 e. The van der Waals surface area contributed by atoms with Crippen molar-refractivity contribution in [3.05, 3.63) is 29.6 Å². The number of aromatic carboxylic acids is 1. The number of aliphatic hydroxyl groups excluding tert-OH is 1. The Balaban J connectivity index is 2.63. The molecule has 0 unspecified atom stereocenters. The molecule has 0 aliphatic rings. The Kier molecular flexibility index (Phi) is 3.32. The molecule has 1 aromatic heterocycles. The Labute approximate surface area is 111 Å². The minimum absolute atomic E-state index is 0.0966. The maximum Gasteiger partial charge on any atom is 0.335 e. The molecule has 2 N–H and O–H groups in total. The van der Waals surface area contributed by atoms with E-state index < -0.39 is 5.97 Å². The fourth-order valence-corrected chi connectivity index (χ4v) is 2.48. The van der Waals surface area contributed by atoms with E-state index in [1.165, 1.54) is 0 Å². The van der Waals surface area contributed by atoms with E-state index in [2.05, 4.69) is 4.98 Å². The largest absolute Gasteiger partial charge is 0.478 e. The zero-order chi connectivity index (χ0) is 14.2. The Hall–Kier alpha value is -1.88. The molecule has 0 fully saturated rings. The van der Waals surface area contributed by atoms with E-state index in [-0.39, 0.29) is 17.7 Å². The Morgan fingerprint density at radius 1 is 1.42 bits per heavy atom. The highest BCUT2D eigenvalue weighted by atomic mass is 16.4. The number of hydrogen-bond donors (Lipinski definition) is 2. The predicted molar refractivity (Wildman–Crippen MR) is 72.5 cm³/mol. The van der Waals surface area contributed by atoms with E-state index in [4.69, 9.17) is 10.2 Å². The van der Waals surface area contributed by atoms with Crippen LogP contribution in [0.4, 0.5) is 0 Å². The summed E-state index contributed by atoms with van der Waals surface area (Å²) in [5.41, 5.74) is 1.53. The molecular formula is C14H18N2O3. The van der Waals surface area contributed by atoms with Crippen LogP contribution in [-0.2, 0) is 5.54 Å². The zero-order valence-corrected chi connectivity index (χ0v) is 11.3. The van der Waals surface area contributed by atoms with E-state index in [1.54, 1.807) is 18.2 Å². The van der Waals surface area contributed by atoms with Gasteiger partial charge in [-0.25, -0.2) is 9.78 Å². The quantitative estimate of drug-likeness (QED) is 0.885. The molecule has 0 atom stereocenters. The molecule has 0 aliphatic carbocycles. The number of fused-ring (bicyclic) bond motifs is 1. The van der Waals surface area contributed by atoms with Crippen LogP contribution in [0.5, 0.6) is 0 Å². The van der Waals surface area contributed by atoms with Crippen molar-refractivity contribution in [3.8, 4) is 0 Å². The van der Waals surface area contributed by atoms with Crippen molar-refractivity contribution in [2.75, 3.05) is 6.61 Å². The summed E-state index contributed by atoms with van der Waals surface area (Å²) in [6.07, 6.45) is 0.611. The second-order valence-corrected chi connectivity index (χ2v) is 5.29. The van der Waals surface area contributed by atoms with Crippen LogP contribution in [0.2, 0.25) is 0 Å². The van der Waals surface area contributed by atoms with Crippen molar-refractivity contribution >= 4 is 17.0 Å². The van der Waals surface area contributed by atoms with Gasteiger partial charge in [0.2, 0.25) is 0 Å². The van der Waals surface area contributed by atoms with E-state index in [1.807, 2.05) is 25.3 Å². The van der Waals surface area contributed by atoms with Crippen LogP contribution in [0.15, 0.2) is 18.2 Å². The number of carboxylic acids is 1. The number of carboxylic acid groups (broad SMARTS) is 1. The van der Waals surface area contributed by atoms with Gasteiger partial charge < -0.3 is 14.8 Å². The zero-order valence-electron chi connectivity index (χ0n) is 11.3. The van der Waals surface area contributed by atoms with Crippen LogP contribution in [0, 0.1) is 6.92 Å². The highest BCUT2D eigenvalue weighted by Crippen LogP contribution is 2.28. The average Bonchev–Trinajstić information content (AvgIpc) is 2.63. The number of rotatable bonds is 4. The predicted octanol–water partition coefficient (Wildman–Crippen LogP) is 2.16. The van der Waals surface area contributed by atoms with Gasteiger partial charge in [0.15, 0.2) is 0 Å². The number of aliphatic hydroxyl groups is 1. The monoisotopic (exact) mass is 262 g/mol. The Morgan fingerprint density at radius 3 is 2.68 bits per heavy atom. The maximum absolute atomic E-state index is 11.0. The van der Waals surface area contributed by atoms with Crippen molar-refractivity contribution < 1.29 is 15.0 Å². The third-order valence-electron chi connectivity index (χ3n) is 3.40. The van der Waals surface area contributed by atoms with Crippen molar-refractivity contribution in [2.45, 2.75) is 32.7 Å². The number of imidazole rings is 1. The molecular weight excluding hydrogens is 244 g/mol. The van der Waals surface area contributed by atoms with E-state index in [9.17, 15) is 4.79 Å². The fourth-order valence-electron chi connectivity index (χ4n) is 2.48. The first-order valence-corrected chi connectivity index (χ1v) is 6.20. The molecule has 1 aromatic carbocycles. The van der Waals surface area contributed by atoms with Crippen molar-refractivity contribution in [1.82, 2.24) is 9.55 Å². The van der Waals surface area contributed by atoms with Crippen LogP contribution in [-0.4, -0.2) is 32.3 Å². The maximum atomic E-state index is 11.0. The van der Waals surface area contributed by atoms with Crippen LogP contribution < -0.4 is 0 Å². The summed E-state index contributed by atoms with van der Waals surface area (Å²) < 4.78 is 2.05. The van der Waals surface area contributed by atoms with Gasteiger partial charge in [0, 0.05) is 12.1 Å². The lowest BCUT2D eigenvalue weighted by Crippen LogP contribution is -2.28. The number of carbonyl (C=O) groups is 1. The molecule has 5 heteroatoms. The molecule has 0 bridgehead atoms. The van der Waals surface area contributed by atoms with Crippen molar-refractivity contribution in [3.63, 3.8) is 0 Å². The van der Waals surface area contributed by atoms with Crippen molar-refractivity contribution in [1.29, 1.82) is 0 Å². The van der Waals surface area contributed by atoms with Gasteiger partial charge in [0.1, 0.15) is 5.82 Å². The van der Waals surface area contributed by atoms with E-state index in [0.29, 0.717) is 11.9 Å². The first kappa shape index (κ1) is 13.5. The molecule has 0 amide bonds. The van der Waals surface area contributed by atoms with Gasteiger partial charge in [-0.1, -0.05) is 0 Å². The van der Waals surface area contributed by atoms with Crippen LogP contribution in [0.3, 0.4) is 0 Å². The van der Waals surface area contributed by atoms with Gasteiger partial charge in [0.25, 0.3) is 0 Å². The van der Waals surface area contributed by atoms with Crippen LogP contribution in [0.1, 0.15) is 36.5 Å². The molecule has 1 heterocycles. The first-order valence-electron chi connectivity index (χ1n) is 6.20. The van der Waals surface area contributed by atoms with Gasteiger partial charge in [-0.05, 0) is 45.4 Å². The average molecular weight is 262 g/mol. The SMILES string of the molecule is Cc1nc2cc(C(=O)O)ccc2n1C(C)(C)CCO. The fraction of sp³-hybridized carbons (Fsp3) is 0.429. The lowest BCUT2D eigenvalue weighted by Gasteiger charge is -2.28. The summed E-state index contributed by atoms with van der Waals surface area (Å²) in [6.45, 7) is 6.05. The lowest BCUT2D eigenvalue weighted by molar-refractivity contribution is 0.0697. The topological polar surface area (TPSA) is 75.3 Å². The molecule has 0 radical (unpaired) electrons. The summed E-state index contributed by atoms with van der Waals surface area (Å²) in [6, 6.07) is 4.94. The van der Waals surface area contributed by atoms with E-state index >= 15 is 0 Å². The third-order valence-corrected chi connectivity index (χ3v) is 3.40. The number of hydrogen-bond acceptors (Lipinski definition) is 3. The summed E-state index contributed by atoms with van der Waals surface area (Å²) in [5.74, 6) is -0.139. The number of nitrogens with zero attached hydrogens (tertiary/aromatic N) is 2. The second-order valence-electron chi connectivity index (χ2n) is 5.29. The molecule has 5 nitrogen and oxygen atoms in total.